The van der Waals surface area contributed by atoms with Crippen LogP contribution in [0.15, 0.2) is 29.4 Å². The average Bonchev–Trinajstić information content (AvgIpc) is 2.91. The minimum Gasteiger partial charge on any atom is -0.507 e. The van der Waals surface area contributed by atoms with Crippen LogP contribution >= 0.6 is 0 Å². The predicted molar refractivity (Wildman–Crippen MR) is 70.3 cm³/mol. The Morgan fingerprint density at radius 2 is 2.14 bits per heavy atom. The van der Waals surface area contributed by atoms with Gasteiger partial charge in [-0.2, -0.15) is 5.10 Å². The summed E-state index contributed by atoms with van der Waals surface area (Å²) < 4.78 is 26.3. The van der Waals surface area contributed by atoms with Gasteiger partial charge in [0.25, 0.3) is 0 Å². The van der Waals surface area contributed by atoms with Gasteiger partial charge in [0, 0.05) is 13.0 Å². The van der Waals surface area contributed by atoms with Crippen molar-refractivity contribution in [1.29, 1.82) is 0 Å². The summed E-state index contributed by atoms with van der Waals surface area (Å²) >= 11 is 0. The Hall–Kier alpha value is -2.46. The largest absolute Gasteiger partial charge is 0.507 e. The van der Waals surface area contributed by atoms with E-state index in [0.717, 1.165) is 18.2 Å². The lowest BCUT2D eigenvalue weighted by atomic mass is 10.2. The Kier molecular flexibility index (Phi) is 4.19. The van der Waals surface area contributed by atoms with Crippen LogP contribution in [0, 0.1) is 0 Å². The molecule has 21 heavy (non-hydrogen) atoms. The van der Waals surface area contributed by atoms with E-state index in [1.54, 1.807) is 0 Å². The summed E-state index contributed by atoms with van der Waals surface area (Å²) in [5.41, 5.74) is -0.479. The molecule has 0 saturated heterocycles. The van der Waals surface area contributed by atoms with Crippen molar-refractivity contribution in [2.75, 3.05) is 6.54 Å². The molecule has 0 atom stereocenters. The highest BCUT2D eigenvalue weighted by molar-refractivity contribution is 7.89. The van der Waals surface area contributed by atoms with E-state index in [0.29, 0.717) is 12.2 Å². The first kappa shape index (κ1) is 14.9. The van der Waals surface area contributed by atoms with E-state index in [9.17, 15) is 18.3 Å². The van der Waals surface area contributed by atoms with Crippen LogP contribution < -0.4 is 4.72 Å². The number of phenols is 1. The molecule has 2 rings (SSSR count). The number of carboxylic acid groups (broad SMARTS) is 1. The third kappa shape index (κ3) is 3.55. The van der Waals surface area contributed by atoms with Gasteiger partial charge in [-0.15, -0.1) is 0 Å². The molecule has 1 aromatic heterocycles. The Balaban J connectivity index is 2.12. The number of carbonyl (C=O) groups is 1. The fourth-order valence-electron chi connectivity index (χ4n) is 1.59. The van der Waals surface area contributed by atoms with Crippen LogP contribution in [0.4, 0.5) is 0 Å². The zero-order valence-corrected chi connectivity index (χ0v) is 11.5. The fourth-order valence-corrected chi connectivity index (χ4v) is 2.65. The lowest BCUT2D eigenvalue weighted by molar-refractivity contribution is 0.0693. The first-order valence-corrected chi connectivity index (χ1v) is 7.28. The van der Waals surface area contributed by atoms with E-state index in [2.05, 4.69) is 19.9 Å². The van der Waals surface area contributed by atoms with Crippen molar-refractivity contribution in [1.82, 2.24) is 19.9 Å². The zero-order valence-electron chi connectivity index (χ0n) is 10.6. The van der Waals surface area contributed by atoms with Crippen LogP contribution in [-0.4, -0.2) is 46.3 Å². The molecule has 0 unspecified atom stereocenters. The molecule has 0 saturated carbocycles. The Morgan fingerprint density at radius 3 is 2.76 bits per heavy atom. The smallest absolute Gasteiger partial charge is 0.339 e. The molecule has 4 N–H and O–H groups in total. The molecule has 0 aliphatic rings. The van der Waals surface area contributed by atoms with Crippen molar-refractivity contribution < 1.29 is 23.4 Å². The summed E-state index contributed by atoms with van der Waals surface area (Å²) in [5, 5.41) is 24.4. The number of rotatable bonds is 6. The second-order valence-electron chi connectivity index (χ2n) is 4.06. The molecule has 0 aliphatic carbocycles. The third-order valence-corrected chi connectivity index (χ3v) is 4.09. The molecule has 1 aromatic carbocycles. The normalized spacial score (nSPS) is 11.4. The minimum atomic E-state index is -3.87. The molecule has 0 amide bonds. The number of H-pyrrole nitrogens is 1. The van der Waals surface area contributed by atoms with Gasteiger partial charge in [-0.1, -0.05) is 0 Å². The molecule has 0 aliphatic heterocycles. The van der Waals surface area contributed by atoms with Crippen molar-refractivity contribution in [2.45, 2.75) is 11.3 Å². The van der Waals surface area contributed by atoms with E-state index in [1.807, 2.05) is 0 Å². The number of sulfonamides is 1. The number of hydrogen-bond acceptors (Lipinski definition) is 6. The van der Waals surface area contributed by atoms with E-state index < -0.39 is 27.3 Å². The van der Waals surface area contributed by atoms with Gasteiger partial charge in [-0.3, -0.25) is 5.10 Å². The topological polar surface area (TPSA) is 145 Å². The summed E-state index contributed by atoms with van der Waals surface area (Å²) in [6.45, 7) is 0.0702. The van der Waals surface area contributed by atoms with Crippen molar-refractivity contribution in [3.63, 3.8) is 0 Å². The molecule has 0 spiro atoms. The van der Waals surface area contributed by atoms with Crippen molar-refractivity contribution >= 4 is 16.0 Å². The van der Waals surface area contributed by atoms with Gasteiger partial charge in [0.1, 0.15) is 23.5 Å². The fraction of sp³-hybridized carbons (Fsp3) is 0.182. The molecule has 10 heteroatoms. The number of aromatic amines is 1. The molecule has 9 nitrogen and oxygen atoms in total. The zero-order chi connectivity index (χ0) is 15.5. The Morgan fingerprint density at radius 1 is 1.38 bits per heavy atom. The van der Waals surface area contributed by atoms with Crippen LogP contribution in [0.1, 0.15) is 16.2 Å². The van der Waals surface area contributed by atoms with Crippen molar-refractivity contribution in [2.24, 2.45) is 0 Å². The molecule has 0 fully saturated rings. The summed E-state index contributed by atoms with van der Waals surface area (Å²) in [6, 6.07) is 3.04. The lowest BCUT2D eigenvalue weighted by Crippen LogP contribution is -2.26. The molecule has 112 valence electrons. The lowest BCUT2D eigenvalue weighted by Gasteiger charge is -2.07. The second kappa shape index (κ2) is 5.89. The monoisotopic (exact) mass is 312 g/mol. The number of nitrogens with one attached hydrogen (secondary N) is 2. The first-order valence-electron chi connectivity index (χ1n) is 5.80. The van der Waals surface area contributed by atoms with Gasteiger partial charge in [-0.25, -0.2) is 22.9 Å². The molecular weight excluding hydrogens is 300 g/mol. The number of hydrogen-bond donors (Lipinski definition) is 4. The maximum absolute atomic E-state index is 12.0. The van der Waals surface area contributed by atoms with E-state index in [4.69, 9.17) is 5.11 Å². The molecule has 0 bridgehead atoms. The van der Waals surface area contributed by atoms with Crippen molar-refractivity contribution in [3.05, 3.63) is 35.9 Å². The molecule has 1 heterocycles. The van der Waals surface area contributed by atoms with Gasteiger partial charge >= 0.3 is 5.97 Å². The maximum atomic E-state index is 12.0. The van der Waals surface area contributed by atoms with Gasteiger partial charge in [0.2, 0.25) is 10.0 Å². The predicted octanol–water partition coefficient (Wildman–Crippen LogP) is -0.271. The summed E-state index contributed by atoms with van der Waals surface area (Å²) in [5.74, 6) is -1.39. The first-order chi connectivity index (χ1) is 9.90. The summed E-state index contributed by atoms with van der Waals surface area (Å²) in [6.07, 6.45) is 1.62. The second-order valence-corrected chi connectivity index (χ2v) is 5.83. The van der Waals surface area contributed by atoms with Gasteiger partial charge < -0.3 is 10.2 Å². The minimum absolute atomic E-state index is 0.0702. The molecule has 0 radical (unpaired) electrons. The van der Waals surface area contributed by atoms with Crippen molar-refractivity contribution in [3.8, 4) is 5.75 Å². The summed E-state index contributed by atoms with van der Waals surface area (Å²) in [4.78, 5) is 14.5. The highest BCUT2D eigenvalue weighted by atomic mass is 32.2. The van der Waals surface area contributed by atoms with Crippen LogP contribution in [-0.2, 0) is 16.4 Å². The van der Waals surface area contributed by atoms with E-state index >= 15 is 0 Å². The SMILES string of the molecule is O=C(O)c1cc(S(=O)(=O)NCCc2ncn[nH]2)ccc1O. The van der Waals surface area contributed by atoms with Crippen LogP contribution in [0.3, 0.4) is 0 Å². The number of aromatic nitrogens is 3. The number of benzene rings is 1. The number of nitrogens with zero attached hydrogens (tertiary/aromatic N) is 2. The quantitative estimate of drug-likeness (QED) is 0.574. The number of carboxylic acids is 1. The van der Waals surface area contributed by atoms with Gasteiger partial charge in [-0.05, 0) is 18.2 Å². The Labute approximate surface area is 119 Å². The third-order valence-electron chi connectivity index (χ3n) is 2.63. The van der Waals surface area contributed by atoms with Gasteiger partial charge in [0.05, 0.1) is 4.90 Å². The highest BCUT2D eigenvalue weighted by Gasteiger charge is 2.18. The van der Waals surface area contributed by atoms with Crippen LogP contribution in [0.2, 0.25) is 0 Å². The Bertz CT molecular complexity index is 742. The highest BCUT2D eigenvalue weighted by Crippen LogP contribution is 2.21. The van der Waals surface area contributed by atoms with Crippen LogP contribution in [0.25, 0.3) is 0 Å². The number of aromatic hydroxyl groups is 1. The number of aromatic carboxylic acids is 1. The van der Waals surface area contributed by atoms with E-state index in [1.165, 1.54) is 6.33 Å². The van der Waals surface area contributed by atoms with E-state index in [-0.39, 0.29) is 11.4 Å². The molecule has 2 aromatic rings. The summed E-state index contributed by atoms with van der Waals surface area (Å²) in [7, 11) is -3.87. The average molecular weight is 312 g/mol. The standard InChI is InChI=1S/C11H12N4O5S/c16-9-2-1-7(5-8(9)11(17)18)21(19,20)14-4-3-10-12-6-13-15-10/h1-2,5-6,14,16H,3-4H2,(H,17,18)(H,12,13,15). The van der Waals surface area contributed by atoms with Gasteiger partial charge in [0.15, 0.2) is 0 Å². The molecular formula is C11H12N4O5S. The van der Waals surface area contributed by atoms with Crippen LogP contribution in [0.5, 0.6) is 5.75 Å². The maximum Gasteiger partial charge on any atom is 0.339 e.